The van der Waals surface area contributed by atoms with E-state index in [1.165, 1.54) is 22.3 Å². The van der Waals surface area contributed by atoms with Gasteiger partial charge in [-0.2, -0.15) is 11.1 Å². The number of carbonyl (C=O) groups excluding carboxylic acids is 1. The molecule has 2 aromatic carbocycles. The Morgan fingerprint density at radius 1 is 1.05 bits per heavy atom. The Balaban J connectivity index is 1.81. The van der Waals surface area contributed by atoms with Gasteiger partial charge in [0.2, 0.25) is 0 Å². The fraction of sp³-hybridized carbons (Fsp3) is 0.133. The van der Waals surface area contributed by atoms with Crippen LogP contribution in [-0.4, -0.2) is 12.7 Å². The van der Waals surface area contributed by atoms with Crippen molar-refractivity contribution in [2.24, 2.45) is 5.84 Å². The monoisotopic (exact) mass is 284 g/mol. The summed E-state index contributed by atoms with van der Waals surface area (Å²) in [6.07, 6.45) is -0.588. The Morgan fingerprint density at radius 3 is 2.19 bits per heavy atom. The van der Waals surface area contributed by atoms with Gasteiger partial charge in [0.05, 0.1) is 0 Å². The zero-order valence-corrected chi connectivity index (χ0v) is 11.3. The molecule has 6 heteroatoms. The Kier molecular flexibility index (Phi) is 3.83. The third kappa shape index (κ3) is 2.59. The molecule has 0 aromatic heterocycles. The summed E-state index contributed by atoms with van der Waals surface area (Å²) in [4.78, 5) is 11.5. The predicted molar refractivity (Wildman–Crippen MR) is 78.7 cm³/mol. The number of carbonyl (C=O) groups is 1. The van der Waals surface area contributed by atoms with Crippen LogP contribution in [0.2, 0.25) is 0 Å². The van der Waals surface area contributed by atoms with Gasteiger partial charge < -0.3 is 4.74 Å². The van der Waals surface area contributed by atoms with E-state index in [0.717, 1.165) is 0 Å². The van der Waals surface area contributed by atoms with Crippen molar-refractivity contribution in [3.8, 4) is 11.1 Å². The quantitative estimate of drug-likeness (QED) is 0.503. The lowest BCUT2D eigenvalue weighted by Crippen LogP contribution is -2.50. The van der Waals surface area contributed by atoms with Gasteiger partial charge in [0.25, 0.3) is 0 Å². The molecule has 0 bridgehead atoms. The number of rotatable bonds is 4. The molecule has 1 aliphatic carbocycles. The van der Waals surface area contributed by atoms with Crippen molar-refractivity contribution in [2.75, 3.05) is 6.61 Å². The van der Waals surface area contributed by atoms with Crippen LogP contribution < -0.4 is 22.3 Å². The molecule has 5 N–H and O–H groups in total. The zero-order valence-electron chi connectivity index (χ0n) is 11.3. The Morgan fingerprint density at radius 2 is 1.62 bits per heavy atom. The van der Waals surface area contributed by atoms with Crippen LogP contribution in [0.1, 0.15) is 17.0 Å². The molecule has 0 spiro atoms. The van der Waals surface area contributed by atoms with E-state index < -0.39 is 6.09 Å². The van der Waals surface area contributed by atoms with Crippen molar-refractivity contribution >= 4 is 6.09 Å². The summed E-state index contributed by atoms with van der Waals surface area (Å²) < 4.78 is 5.23. The fourth-order valence-corrected chi connectivity index (χ4v) is 2.72. The number of fused-ring (bicyclic) bond motifs is 3. The second kappa shape index (κ2) is 5.92. The molecule has 0 saturated heterocycles. The number of ether oxygens (including phenoxy) is 1. The van der Waals surface area contributed by atoms with Gasteiger partial charge >= 0.3 is 6.09 Å². The first-order chi connectivity index (χ1) is 10.3. The summed E-state index contributed by atoms with van der Waals surface area (Å²) in [7, 11) is 0. The van der Waals surface area contributed by atoms with Crippen LogP contribution in [0.5, 0.6) is 0 Å². The largest absolute Gasteiger partial charge is 0.448 e. The molecule has 0 aliphatic heterocycles. The zero-order chi connectivity index (χ0) is 14.7. The number of nitrogens with two attached hydrogens (primary N) is 1. The van der Waals surface area contributed by atoms with Crippen molar-refractivity contribution in [3.05, 3.63) is 59.7 Å². The molecule has 0 saturated carbocycles. The van der Waals surface area contributed by atoms with Gasteiger partial charge in [0.1, 0.15) is 6.61 Å². The first-order valence-corrected chi connectivity index (χ1v) is 6.63. The van der Waals surface area contributed by atoms with Crippen molar-refractivity contribution in [3.63, 3.8) is 0 Å². The number of hydrogen-bond donors (Lipinski definition) is 4. The number of hydrazine groups is 3. The van der Waals surface area contributed by atoms with Gasteiger partial charge in [-0.05, 0) is 22.3 Å². The van der Waals surface area contributed by atoms with Gasteiger partial charge in [0, 0.05) is 5.92 Å². The highest BCUT2D eigenvalue weighted by molar-refractivity contribution is 5.79. The molecule has 3 rings (SSSR count). The maximum atomic E-state index is 11.5. The van der Waals surface area contributed by atoms with Crippen LogP contribution in [0.4, 0.5) is 4.79 Å². The molecule has 6 nitrogen and oxygen atoms in total. The molecule has 0 atom stereocenters. The lowest BCUT2D eigenvalue weighted by Gasteiger charge is -2.14. The molecule has 0 heterocycles. The van der Waals surface area contributed by atoms with E-state index in [-0.39, 0.29) is 12.5 Å². The molecule has 21 heavy (non-hydrogen) atoms. The predicted octanol–water partition coefficient (Wildman–Crippen LogP) is 1.41. The van der Waals surface area contributed by atoms with Gasteiger partial charge in [-0.15, -0.1) is 0 Å². The van der Waals surface area contributed by atoms with Crippen molar-refractivity contribution < 1.29 is 9.53 Å². The number of nitrogens with one attached hydrogen (secondary N) is 3. The maximum absolute atomic E-state index is 11.5. The molecule has 1 aliphatic rings. The summed E-state index contributed by atoms with van der Waals surface area (Å²) in [5.41, 5.74) is 11.4. The molecule has 108 valence electrons. The minimum atomic E-state index is -0.588. The molecule has 0 unspecified atom stereocenters. The molecule has 2 aromatic rings. The highest BCUT2D eigenvalue weighted by Crippen LogP contribution is 2.44. The maximum Gasteiger partial charge on any atom is 0.422 e. The first-order valence-electron chi connectivity index (χ1n) is 6.63. The third-order valence-electron chi connectivity index (χ3n) is 3.58. The van der Waals surface area contributed by atoms with Crippen LogP contribution in [0, 0.1) is 0 Å². The van der Waals surface area contributed by atoms with Crippen LogP contribution >= 0.6 is 0 Å². The minimum absolute atomic E-state index is 0.0500. The summed E-state index contributed by atoms with van der Waals surface area (Å²) in [6.45, 7) is 0.270. The van der Waals surface area contributed by atoms with E-state index >= 15 is 0 Å². The molecule has 0 radical (unpaired) electrons. The standard InChI is InChI=1S/C15H16N4O2/c16-18-19-17-15(20)21-9-14-12-7-3-1-5-10(12)11-6-2-4-8-13(11)14/h1-8,14,18-19H,9,16H2,(H,17,20). The van der Waals surface area contributed by atoms with Gasteiger partial charge in [-0.25, -0.2) is 10.2 Å². The highest BCUT2D eigenvalue weighted by Gasteiger charge is 2.28. The summed E-state index contributed by atoms with van der Waals surface area (Å²) >= 11 is 0. The van der Waals surface area contributed by atoms with E-state index in [4.69, 9.17) is 10.6 Å². The van der Waals surface area contributed by atoms with Crippen molar-refractivity contribution in [1.82, 2.24) is 16.5 Å². The smallest absolute Gasteiger partial charge is 0.422 e. The van der Waals surface area contributed by atoms with Crippen molar-refractivity contribution in [2.45, 2.75) is 5.92 Å². The average molecular weight is 284 g/mol. The lowest BCUT2D eigenvalue weighted by molar-refractivity contribution is 0.135. The molecular weight excluding hydrogens is 268 g/mol. The SMILES string of the molecule is NNNNC(=O)OCC1c2ccccc2-c2ccccc21. The molecular formula is C15H16N4O2. The average Bonchev–Trinajstić information content (AvgIpc) is 2.85. The van der Waals surface area contributed by atoms with E-state index in [1.54, 1.807) is 0 Å². The Bertz CT molecular complexity index is 614. The van der Waals surface area contributed by atoms with Crippen LogP contribution in [0.3, 0.4) is 0 Å². The van der Waals surface area contributed by atoms with Crippen LogP contribution in [0.25, 0.3) is 11.1 Å². The fourth-order valence-electron chi connectivity index (χ4n) is 2.72. The van der Waals surface area contributed by atoms with Crippen molar-refractivity contribution in [1.29, 1.82) is 0 Å². The van der Waals surface area contributed by atoms with E-state index in [0.29, 0.717) is 0 Å². The van der Waals surface area contributed by atoms with E-state index in [9.17, 15) is 4.79 Å². The Hall–Kier alpha value is -2.41. The molecule has 0 fully saturated rings. The number of benzene rings is 2. The topological polar surface area (TPSA) is 88.4 Å². The number of hydrogen-bond acceptors (Lipinski definition) is 5. The molecule has 1 amide bonds. The third-order valence-corrected chi connectivity index (χ3v) is 3.58. The normalized spacial score (nSPS) is 12.6. The Labute approximate surface area is 122 Å². The van der Waals surface area contributed by atoms with Gasteiger partial charge in [0.15, 0.2) is 0 Å². The van der Waals surface area contributed by atoms with Crippen LogP contribution in [0.15, 0.2) is 48.5 Å². The lowest BCUT2D eigenvalue weighted by atomic mass is 9.98. The van der Waals surface area contributed by atoms with E-state index in [1.807, 2.05) is 24.3 Å². The summed E-state index contributed by atoms with van der Waals surface area (Å²) in [6, 6.07) is 16.4. The second-order valence-corrected chi connectivity index (χ2v) is 4.72. The van der Waals surface area contributed by atoms with Gasteiger partial charge in [-0.3, -0.25) is 5.84 Å². The second-order valence-electron chi connectivity index (χ2n) is 4.72. The van der Waals surface area contributed by atoms with Gasteiger partial charge in [-0.1, -0.05) is 48.5 Å². The minimum Gasteiger partial charge on any atom is -0.448 e. The number of amides is 1. The summed E-state index contributed by atoms with van der Waals surface area (Å²) in [5.74, 6) is 5.04. The highest BCUT2D eigenvalue weighted by atomic mass is 16.6. The van der Waals surface area contributed by atoms with E-state index in [2.05, 4.69) is 40.8 Å². The summed E-state index contributed by atoms with van der Waals surface area (Å²) in [5, 5.41) is 0. The first kappa shape index (κ1) is 13.6. The van der Waals surface area contributed by atoms with Crippen LogP contribution in [-0.2, 0) is 4.74 Å².